The Morgan fingerprint density at radius 3 is 2.37 bits per heavy atom. The van der Waals surface area contributed by atoms with Crippen LogP contribution in [0.15, 0.2) is 36.4 Å². The van der Waals surface area contributed by atoms with Crippen LogP contribution in [0.5, 0.6) is 0 Å². The van der Waals surface area contributed by atoms with Crippen molar-refractivity contribution in [3.8, 4) is 0 Å². The average molecular weight is 529 g/mol. The molecule has 1 aromatic carbocycles. The molecule has 2 bridgehead atoms. The number of nitrogens with zero attached hydrogens (tertiary/aromatic N) is 1. The fourth-order valence-corrected chi connectivity index (χ4v) is 5.97. The Morgan fingerprint density at radius 2 is 1.79 bits per heavy atom. The van der Waals surface area contributed by atoms with Gasteiger partial charge in [0.2, 0.25) is 5.91 Å². The molecule has 3 atom stereocenters. The Hall–Kier alpha value is -2.22. The van der Waals surface area contributed by atoms with Gasteiger partial charge in [-0.05, 0) is 63.3 Å². The lowest BCUT2D eigenvalue weighted by Gasteiger charge is -2.50. The van der Waals surface area contributed by atoms with E-state index >= 15 is 0 Å². The Bertz CT molecular complexity index is 941. The molecular weight excluding hydrogens is 480 g/mol. The van der Waals surface area contributed by atoms with Crippen molar-refractivity contribution in [1.29, 1.82) is 0 Å². The summed E-state index contributed by atoms with van der Waals surface area (Å²) in [6.07, 6.45) is 7.14. The van der Waals surface area contributed by atoms with Crippen LogP contribution in [0.4, 0.5) is 0 Å². The number of carbonyl (C=O) groups excluding carboxylic acids is 2. The second kappa shape index (κ2) is 13.7. The molecule has 0 unspecified atom stereocenters. The highest BCUT2D eigenvalue weighted by Crippen LogP contribution is 2.53. The van der Waals surface area contributed by atoms with E-state index in [2.05, 4.69) is 53.7 Å². The van der Waals surface area contributed by atoms with E-state index in [0.29, 0.717) is 25.7 Å². The minimum absolute atomic E-state index is 0.0531. The summed E-state index contributed by atoms with van der Waals surface area (Å²) in [7, 11) is 5.29. The summed E-state index contributed by atoms with van der Waals surface area (Å²) in [5.74, 6) is 0.345. The van der Waals surface area contributed by atoms with E-state index in [1.54, 1.807) is 14.2 Å². The number of nitrogens with one attached hydrogen (secondary N) is 1. The Kier molecular flexibility index (Phi) is 10.9. The van der Waals surface area contributed by atoms with Gasteiger partial charge in [-0.25, -0.2) is 0 Å². The van der Waals surface area contributed by atoms with Crippen LogP contribution in [-0.2, 0) is 23.8 Å². The van der Waals surface area contributed by atoms with Gasteiger partial charge in [-0.2, -0.15) is 0 Å². The molecule has 4 rings (SSSR count). The summed E-state index contributed by atoms with van der Waals surface area (Å²) in [4.78, 5) is 27.8. The van der Waals surface area contributed by atoms with Crippen LogP contribution in [0.25, 0.3) is 5.57 Å². The zero-order chi connectivity index (χ0) is 27.8. The lowest BCUT2D eigenvalue weighted by Crippen LogP contribution is -2.51. The molecule has 1 aromatic rings. The second-order valence-electron chi connectivity index (χ2n) is 11.8. The van der Waals surface area contributed by atoms with Gasteiger partial charge >= 0.3 is 5.97 Å². The molecule has 0 radical (unpaired) electrons. The van der Waals surface area contributed by atoms with Crippen molar-refractivity contribution in [3.63, 3.8) is 0 Å². The summed E-state index contributed by atoms with van der Waals surface area (Å²) < 4.78 is 16.8. The van der Waals surface area contributed by atoms with Gasteiger partial charge in [0.1, 0.15) is 5.60 Å². The fourth-order valence-electron chi connectivity index (χ4n) is 5.97. The predicted octanol–water partition coefficient (Wildman–Crippen LogP) is 4.57. The van der Waals surface area contributed by atoms with Crippen LogP contribution in [0.3, 0.4) is 0 Å². The molecule has 7 nitrogen and oxygen atoms in total. The molecule has 212 valence electrons. The molecule has 3 aliphatic carbocycles. The quantitative estimate of drug-likeness (QED) is 0.266. The van der Waals surface area contributed by atoms with Gasteiger partial charge in [-0.15, -0.1) is 0 Å². The Morgan fingerprint density at radius 1 is 1.11 bits per heavy atom. The number of hydrogen-bond donors (Lipinski definition) is 1. The van der Waals surface area contributed by atoms with Crippen molar-refractivity contribution in [2.45, 2.75) is 58.5 Å². The number of methoxy groups -OCH3 is 2. The minimum atomic E-state index is -0.700. The van der Waals surface area contributed by atoms with Crippen molar-refractivity contribution in [2.75, 3.05) is 54.1 Å². The third-order valence-electron chi connectivity index (χ3n) is 8.19. The highest BCUT2D eigenvalue weighted by Gasteiger charge is 2.50. The van der Waals surface area contributed by atoms with Crippen LogP contribution in [0.2, 0.25) is 0 Å². The van der Waals surface area contributed by atoms with Crippen LogP contribution in [-0.4, -0.2) is 76.5 Å². The monoisotopic (exact) mass is 528 g/mol. The van der Waals surface area contributed by atoms with E-state index in [-0.39, 0.29) is 23.7 Å². The number of rotatable bonds is 15. The maximum absolute atomic E-state index is 12.8. The first-order chi connectivity index (χ1) is 18.1. The molecule has 0 spiro atoms. The number of esters is 1. The fraction of sp³-hybridized carbons (Fsp3) is 0.677. The topological polar surface area (TPSA) is 77.1 Å². The van der Waals surface area contributed by atoms with E-state index in [0.717, 1.165) is 45.2 Å². The van der Waals surface area contributed by atoms with Gasteiger partial charge < -0.3 is 24.4 Å². The normalized spacial score (nSPS) is 23.0. The van der Waals surface area contributed by atoms with Crippen molar-refractivity contribution < 1.29 is 23.8 Å². The predicted molar refractivity (Wildman–Crippen MR) is 151 cm³/mol. The van der Waals surface area contributed by atoms with E-state index in [1.165, 1.54) is 11.1 Å². The summed E-state index contributed by atoms with van der Waals surface area (Å²) in [5.41, 5.74) is 1.55. The van der Waals surface area contributed by atoms with Crippen LogP contribution < -0.4 is 5.32 Å². The van der Waals surface area contributed by atoms with Crippen LogP contribution in [0.1, 0.15) is 58.4 Å². The summed E-state index contributed by atoms with van der Waals surface area (Å²) in [6.45, 7) is 8.57. The highest BCUT2D eigenvalue weighted by atomic mass is 16.6. The smallest absolute Gasteiger partial charge is 0.308 e. The first-order valence-electron chi connectivity index (χ1n) is 14.1. The first-order valence-corrected chi connectivity index (χ1v) is 14.1. The molecular formula is C31H48N2O5. The van der Waals surface area contributed by atoms with E-state index < -0.39 is 11.0 Å². The molecule has 38 heavy (non-hydrogen) atoms. The number of allylic oxidation sites excluding steroid dienone is 1. The van der Waals surface area contributed by atoms with Crippen molar-refractivity contribution >= 4 is 17.4 Å². The van der Waals surface area contributed by atoms with E-state index in [1.807, 2.05) is 20.8 Å². The molecule has 1 fully saturated rings. The van der Waals surface area contributed by atoms with Crippen molar-refractivity contribution in [3.05, 3.63) is 42.0 Å². The maximum Gasteiger partial charge on any atom is 0.308 e. The average Bonchev–Trinajstić information content (AvgIpc) is 2.91. The standard InChI is InChI=1S/C31H48N2O5/c1-23(2)28(34)38-31(20-25-13-14-26(31)19-27(25)24-11-8-7-9-12-24)15-18-33(4)17-10-16-32-29(35)30(3,21-36-5)22-37-6/h7-9,11-12,19,23,25-26H,10,13-18,20-22H2,1-6H3,(H,32,35)/t25-,26-,31+/m1/s1. The minimum Gasteiger partial charge on any atom is -0.458 e. The number of fused-ring (bicyclic) bond motifs is 2. The Labute approximate surface area is 229 Å². The maximum atomic E-state index is 12.8. The third kappa shape index (κ3) is 7.45. The second-order valence-corrected chi connectivity index (χ2v) is 11.8. The first kappa shape index (κ1) is 30.3. The van der Waals surface area contributed by atoms with Crippen LogP contribution >= 0.6 is 0 Å². The SMILES string of the molecule is COCC(C)(COC)C(=O)NCCCN(C)CC[C@]1(OC(=O)C(C)C)C[C@H]2CC[C@@H]1C=C2c1ccccc1. The molecule has 1 amide bonds. The summed E-state index contributed by atoms with van der Waals surface area (Å²) in [6, 6.07) is 10.6. The molecule has 7 heteroatoms. The van der Waals surface area contributed by atoms with Crippen LogP contribution in [0, 0.1) is 23.2 Å². The Balaban J connectivity index is 1.59. The molecule has 1 saturated carbocycles. The van der Waals surface area contributed by atoms with Crippen molar-refractivity contribution in [1.82, 2.24) is 10.2 Å². The zero-order valence-electron chi connectivity index (χ0n) is 24.3. The lowest BCUT2D eigenvalue weighted by molar-refractivity contribution is -0.176. The largest absolute Gasteiger partial charge is 0.458 e. The zero-order valence-corrected chi connectivity index (χ0v) is 24.3. The molecule has 0 heterocycles. The summed E-state index contributed by atoms with van der Waals surface area (Å²) >= 11 is 0. The highest BCUT2D eigenvalue weighted by molar-refractivity contribution is 5.82. The number of hydrogen-bond acceptors (Lipinski definition) is 6. The van der Waals surface area contributed by atoms with Gasteiger partial charge in [0.15, 0.2) is 0 Å². The van der Waals surface area contributed by atoms with E-state index in [9.17, 15) is 9.59 Å². The number of carbonyl (C=O) groups is 2. The van der Waals surface area contributed by atoms with Gasteiger partial charge in [0.25, 0.3) is 0 Å². The van der Waals surface area contributed by atoms with E-state index in [4.69, 9.17) is 14.2 Å². The van der Waals surface area contributed by atoms with Gasteiger partial charge in [0.05, 0.1) is 24.5 Å². The third-order valence-corrected chi connectivity index (χ3v) is 8.19. The number of ether oxygens (including phenoxy) is 3. The molecule has 0 aromatic heterocycles. The van der Waals surface area contributed by atoms with Gasteiger partial charge in [-0.3, -0.25) is 9.59 Å². The lowest BCUT2D eigenvalue weighted by atomic mass is 9.60. The number of amides is 1. The van der Waals surface area contributed by atoms with Gasteiger partial charge in [-0.1, -0.05) is 50.3 Å². The molecule has 1 N–H and O–H groups in total. The molecule has 3 aliphatic rings. The summed E-state index contributed by atoms with van der Waals surface area (Å²) in [5, 5.41) is 3.04. The molecule has 0 saturated heterocycles. The van der Waals surface area contributed by atoms with Crippen molar-refractivity contribution in [2.24, 2.45) is 23.2 Å². The van der Waals surface area contributed by atoms with Gasteiger partial charge in [0, 0.05) is 39.6 Å². The molecule has 0 aliphatic heterocycles. The number of benzene rings is 1.